The normalized spacial score (nSPS) is 33.3. The van der Waals surface area contributed by atoms with Gasteiger partial charge in [-0.25, -0.2) is 4.39 Å². The van der Waals surface area contributed by atoms with Gasteiger partial charge >= 0.3 is 5.97 Å². The number of rotatable bonds is 9. The van der Waals surface area contributed by atoms with E-state index in [9.17, 15) is 14.3 Å². The fourth-order valence-electron chi connectivity index (χ4n) is 9.05. The predicted octanol–water partition coefficient (Wildman–Crippen LogP) is 4.78. The van der Waals surface area contributed by atoms with Gasteiger partial charge in [0.05, 0.1) is 11.1 Å². The summed E-state index contributed by atoms with van der Waals surface area (Å²) in [7, 11) is 0. The zero-order valence-corrected chi connectivity index (χ0v) is 25.3. The number of aliphatic carboxylic acids is 1. The van der Waals surface area contributed by atoms with Crippen LogP contribution < -0.4 is 5.73 Å². The van der Waals surface area contributed by atoms with Crippen LogP contribution in [0, 0.1) is 30.0 Å². The van der Waals surface area contributed by atoms with Gasteiger partial charge in [-0.1, -0.05) is 19.1 Å². The standard InChI is InChI=1S/C33H48FN5O2/c1-5-29-30(22(4)39(6-2)36-29)23-10-12-38(13-11-23)21(3)27-17-37(18-28(27)24-8-7-9-26(34)14-24)20-32(31(40)41)15-25-16-33(25,35)19-32/h7-9,14,21,23,25,27-28H,5-6,10-13,15-20,35H2,1-4H3,(H,40,41)/t21-,25+,27-,28-,32?,33-/m1/s1. The molecule has 2 saturated heterocycles. The lowest BCUT2D eigenvalue weighted by molar-refractivity contribution is -0.150. The third kappa shape index (κ3) is 5.14. The van der Waals surface area contributed by atoms with E-state index in [0.29, 0.717) is 43.2 Å². The molecule has 1 aromatic heterocycles. The van der Waals surface area contributed by atoms with Crippen LogP contribution in [-0.2, 0) is 17.8 Å². The van der Waals surface area contributed by atoms with Gasteiger partial charge in [-0.05, 0) is 113 Å². The van der Waals surface area contributed by atoms with Crippen molar-refractivity contribution in [2.75, 3.05) is 32.7 Å². The Labute approximate surface area is 244 Å². The molecule has 6 rings (SSSR count). The van der Waals surface area contributed by atoms with Crippen molar-refractivity contribution in [2.45, 2.75) is 96.2 Å². The van der Waals surface area contributed by atoms with E-state index < -0.39 is 11.4 Å². The van der Waals surface area contributed by atoms with Crippen LogP contribution in [0.2, 0.25) is 0 Å². The molecular weight excluding hydrogens is 517 g/mol. The molecule has 6 atom stereocenters. The first-order chi connectivity index (χ1) is 19.6. The van der Waals surface area contributed by atoms with E-state index in [2.05, 4.69) is 48.2 Å². The maximum Gasteiger partial charge on any atom is 0.311 e. The number of aryl methyl sites for hydroxylation is 2. The van der Waals surface area contributed by atoms with Crippen LogP contribution in [0.4, 0.5) is 4.39 Å². The largest absolute Gasteiger partial charge is 0.481 e. The summed E-state index contributed by atoms with van der Waals surface area (Å²) in [5, 5.41) is 15.2. The van der Waals surface area contributed by atoms with E-state index in [-0.39, 0.29) is 17.3 Å². The fourth-order valence-corrected chi connectivity index (χ4v) is 9.05. The van der Waals surface area contributed by atoms with Gasteiger partial charge in [-0.2, -0.15) is 5.10 Å². The molecule has 224 valence electrons. The fraction of sp³-hybridized carbons (Fsp3) is 0.697. The Morgan fingerprint density at radius 2 is 1.98 bits per heavy atom. The van der Waals surface area contributed by atoms with E-state index in [1.54, 1.807) is 6.07 Å². The van der Waals surface area contributed by atoms with Crippen molar-refractivity contribution in [1.82, 2.24) is 19.6 Å². The number of hydrogen-bond acceptors (Lipinski definition) is 5. The maximum atomic E-state index is 14.4. The molecule has 0 spiro atoms. The Bertz CT molecular complexity index is 1290. The van der Waals surface area contributed by atoms with Crippen molar-refractivity contribution < 1.29 is 14.3 Å². The SMILES string of the molecule is CCc1nn(CC)c(C)c1C1CCN([C@H](C)[C@H]2CN(CC3(C(=O)O)C[C@H]4C[C@@]4(N)C3)C[C@@H]2c2cccc(F)c2)CC1. The highest BCUT2D eigenvalue weighted by Gasteiger charge is 2.66. The summed E-state index contributed by atoms with van der Waals surface area (Å²) >= 11 is 0. The minimum atomic E-state index is -0.765. The first-order valence-corrected chi connectivity index (χ1v) is 15.9. The number of carboxylic acids is 1. The van der Waals surface area contributed by atoms with E-state index >= 15 is 0 Å². The molecule has 4 fully saturated rings. The highest BCUT2D eigenvalue weighted by molar-refractivity contribution is 5.76. The molecule has 0 amide bonds. The summed E-state index contributed by atoms with van der Waals surface area (Å²) < 4.78 is 16.5. The molecule has 1 unspecified atom stereocenters. The number of carboxylic acid groups (broad SMARTS) is 1. The molecule has 0 radical (unpaired) electrons. The highest BCUT2D eigenvalue weighted by atomic mass is 19.1. The van der Waals surface area contributed by atoms with Crippen molar-refractivity contribution in [2.24, 2.45) is 23.0 Å². The maximum absolute atomic E-state index is 14.4. The monoisotopic (exact) mass is 565 g/mol. The van der Waals surface area contributed by atoms with E-state index in [1.807, 2.05) is 6.07 Å². The second-order valence-electron chi connectivity index (χ2n) is 13.8. The molecule has 3 heterocycles. The molecule has 1 aromatic carbocycles. The third-order valence-corrected chi connectivity index (χ3v) is 11.4. The van der Waals surface area contributed by atoms with Crippen LogP contribution in [0.1, 0.15) is 87.2 Å². The van der Waals surface area contributed by atoms with Gasteiger partial charge in [-0.15, -0.1) is 0 Å². The lowest BCUT2D eigenvalue weighted by Crippen LogP contribution is -2.46. The second-order valence-corrected chi connectivity index (χ2v) is 13.8. The molecule has 4 aliphatic rings. The number of likely N-dealkylation sites (tertiary alicyclic amines) is 2. The minimum absolute atomic E-state index is 0.170. The topological polar surface area (TPSA) is 87.6 Å². The van der Waals surface area contributed by atoms with E-state index in [0.717, 1.165) is 64.0 Å². The molecule has 2 aliphatic carbocycles. The quantitative estimate of drug-likeness (QED) is 0.455. The first kappa shape index (κ1) is 28.8. The van der Waals surface area contributed by atoms with Crippen molar-refractivity contribution in [3.8, 4) is 0 Å². The Morgan fingerprint density at radius 3 is 2.59 bits per heavy atom. The highest BCUT2D eigenvalue weighted by Crippen LogP contribution is 2.62. The minimum Gasteiger partial charge on any atom is -0.481 e. The number of hydrogen-bond donors (Lipinski definition) is 2. The lowest BCUT2D eigenvalue weighted by atomic mass is 9.81. The average molecular weight is 566 g/mol. The van der Waals surface area contributed by atoms with Crippen molar-refractivity contribution >= 4 is 5.97 Å². The zero-order chi connectivity index (χ0) is 29.1. The first-order valence-electron chi connectivity index (χ1n) is 15.9. The lowest BCUT2D eigenvalue weighted by Gasteiger charge is -2.40. The molecule has 41 heavy (non-hydrogen) atoms. The Balaban J connectivity index is 1.19. The molecule has 3 N–H and O–H groups in total. The Morgan fingerprint density at radius 1 is 1.22 bits per heavy atom. The molecule has 2 aliphatic heterocycles. The number of halogens is 1. The van der Waals surface area contributed by atoms with Gasteiger partial charge < -0.3 is 20.6 Å². The van der Waals surface area contributed by atoms with Crippen LogP contribution in [0.25, 0.3) is 0 Å². The van der Waals surface area contributed by atoms with E-state index in [4.69, 9.17) is 10.8 Å². The predicted molar refractivity (Wildman–Crippen MR) is 158 cm³/mol. The number of nitrogens with two attached hydrogens (primary N) is 1. The summed E-state index contributed by atoms with van der Waals surface area (Å²) in [5.74, 6) is 0.453. The summed E-state index contributed by atoms with van der Waals surface area (Å²) in [5.41, 5.74) is 10.5. The van der Waals surface area contributed by atoms with Crippen LogP contribution in [0.3, 0.4) is 0 Å². The van der Waals surface area contributed by atoms with Gasteiger partial charge in [-0.3, -0.25) is 9.48 Å². The van der Waals surface area contributed by atoms with Gasteiger partial charge in [0.15, 0.2) is 0 Å². The van der Waals surface area contributed by atoms with Crippen LogP contribution in [0.15, 0.2) is 24.3 Å². The zero-order valence-electron chi connectivity index (χ0n) is 25.3. The molecule has 0 bridgehead atoms. The molecule has 2 aromatic rings. The Hall–Kier alpha value is -2.29. The average Bonchev–Trinajstić information content (AvgIpc) is 3.26. The van der Waals surface area contributed by atoms with Gasteiger partial charge in [0.2, 0.25) is 0 Å². The molecular formula is C33H48FN5O2. The molecule has 7 nitrogen and oxygen atoms in total. The summed E-state index contributed by atoms with van der Waals surface area (Å²) in [6.45, 7) is 14.0. The van der Waals surface area contributed by atoms with Crippen molar-refractivity contribution in [3.05, 3.63) is 52.6 Å². The third-order valence-electron chi connectivity index (χ3n) is 11.4. The summed E-state index contributed by atoms with van der Waals surface area (Å²) in [6.07, 6.45) is 5.43. The van der Waals surface area contributed by atoms with Crippen LogP contribution >= 0.6 is 0 Å². The van der Waals surface area contributed by atoms with Gasteiger partial charge in [0.1, 0.15) is 5.82 Å². The summed E-state index contributed by atoms with van der Waals surface area (Å²) in [6, 6.07) is 7.38. The smallest absolute Gasteiger partial charge is 0.311 e. The number of fused-ring (bicyclic) bond motifs is 1. The van der Waals surface area contributed by atoms with Gasteiger partial charge in [0.25, 0.3) is 0 Å². The number of piperidine rings is 1. The number of nitrogens with zero attached hydrogens (tertiary/aromatic N) is 4. The number of carbonyl (C=O) groups is 1. The second kappa shape index (κ2) is 10.8. The summed E-state index contributed by atoms with van der Waals surface area (Å²) in [4.78, 5) is 17.6. The number of benzene rings is 1. The van der Waals surface area contributed by atoms with Crippen molar-refractivity contribution in [3.63, 3.8) is 0 Å². The Kier molecular flexibility index (Phi) is 7.56. The van der Waals surface area contributed by atoms with Crippen LogP contribution in [0.5, 0.6) is 0 Å². The number of aromatic nitrogens is 2. The van der Waals surface area contributed by atoms with E-state index in [1.165, 1.54) is 23.0 Å². The van der Waals surface area contributed by atoms with Crippen molar-refractivity contribution in [1.29, 1.82) is 0 Å². The molecule has 8 heteroatoms. The molecule has 2 saturated carbocycles. The van der Waals surface area contributed by atoms with Gasteiger partial charge in [0, 0.05) is 49.4 Å². The van der Waals surface area contributed by atoms with Crippen LogP contribution in [-0.4, -0.2) is 75.0 Å².